The number of nitrogens with zero attached hydrogens (tertiary/aromatic N) is 2. The Kier molecular flexibility index (Phi) is 3.31. The number of benzene rings is 1. The van der Waals surface area contributed by atoms with Crippen LogP contribution in [0.3, 0.4) is 0 Å². The first kappa shape index (κ1) is 13.3. The maximum Gasteiger partial charge on any atom is 0.299 e. The van der Waals surface area contributed by atoms with E-state index in [9.17, 15) is 9.59 Å². The van der Waals surface area contributed by atoms with Crippen molar-refractivity contribution in [2.75, 3.05) is 11.4 Å². The SMILES string of the molecule is Cc1ncsc1CCN1C(=O)C(=O)c2cccc(Cl)c21. The lowest BCUT2D eigenvalue weighted by Gasteiger charge is -2.17. The molecule has 0 spiro atoms. The van der Waals surface area contributed by atoms with Gasteiger partial charge >= 0.3 is 0 Å². The molecule has 0 saturated heterocycles. The van der Waals surface area contributed by atoms with Crippen LogP contribution in [0.15, 0.2) is 23.7 Å². The molecule has 3 rings (SSSR count). The molecule has 6 heteroatoms. The Bertz CT molecular complexity index is 711. The number of hydrogen-bond acceptors (Lipinski definition) is 4. The number of halogens is 1. The molecule has 0 aliphatic carbocycles. The lowest BCUT2D eigenvalue weighted by atomic mass is 10.1. The van der Waals surface area contributed by atoms with Gasteiger partial charge in [-0.25, -0.2) is 4.98 Å². The number of hydrogen-bond donors (Lipinski definition) is 0. The van der Waals surface area contributed by atoms with E-state index in [4.69, 9.17) is 11.6 Å². The van der Waals surface area contributed by atoms with E-state index in [0.717, 1.165) is 10.6 Å². The van der Waals surface area contributed by atoms with E-state index < -0.39 is 11.7 Å². The lowest BCUT2D eigenvalue weighted by molar-refractivity contribution is -0.114. The quantitative estimate of drug-likeness (QED) is 0.819. The van der Waals surface area contributed by atoms with Crippen LogP contribution in [0.1, 0.15) is 20.9 Å². The van der Waals surface area contributed by atoms with Gasteiger partial charge in [0.15, 0.2) is 0 Å². The predicted octanol–water partition coefficient (Wildman–Crippen LogP) is 2.88. The molecular weight excluding hydrogens is 296 g/mol. The highest BCUT2D eigenvalue weighted by Gasteiger charge is 2.36. The second kappa shape index (κ2) is 5.00. The molecule has 0 bridgehead atoms. The van der Waals surface area contributed by atoms with E-state index in [1.165, 1.54) is 4.90 Å². The van der Waals surface area contributed by atoms with Crippen LogP contribution in [0.2, 0.25) is 5.02 Å². The van der Waals surface area contributed by atoms with Crippen LogP contribution in [0.25, 0.3) is 0 Å². The Labute approximate surface area is 125 Å². The number of carbonyl (C=O) groups excluding carboxylic acids is 2. The molecule has 1 amide bonds. The molecule has 0 fully saturated rings. The van der Waals surface area contributed by atoms with Crippen LogP contribution < -0.4 is 4.90 Å². The van der Waals surface area contributed by atoms with Gasteiger partial charge in [0.25, 0.3) is 11.7 Å². The van der Waals surface area contributed by atoms with Crippen molar-refractivity contribution in [2.24, 2.45) is 0 Å². The third-order valence-corrected chi connectivity index (χ3v) is 4.65. The number of para-hydroxylation sites is 1. The van der Waals surface area contributed by atoms with Crippen molar-refractivity contribution in [2.45, 2.75) is 13.3 Å². The van der Waals surface area contributed by atoms with Crippen molar-refractivity contribution < 1.29 is 9.59 Å². The number of aromatic nitrogens is 1. The highest BCUT2D eigenvalue weighted by molar-refractivity contribution is 7.09. The number of ketones is 1. The van der Waals surface area contributed by atoms with E-state index in [2.05, 4.69) is 4.98 Å². The normalized spacial score (nSPS) is 14.0. The number of amides is 1. The first-order chi connectivity index (χ1) is 9.59. The minimum absolute atomic E-state index is 0.392. The molecule has 0 saturated carbocycles. The number of anilines is 1. The predicted molar refractivity (Wildman–Crippen MR) is 78.7 cm³/mol. The van der Waals surface area contributed by atoms with Crippen molar-refractivity contribution in [3.05, 3.63) is 44.9 Å². The summed E-state index contributed by atoms with van der Waals surface area (Å²) in [6.07, 6.45) is 0.667. The molecule has 2 heterocycles. The highest BCUT2D eigenvalue weighted by atomic mass is 35.5. The molecule has 1 aliphatic heterocycles. The molecule has 0 atom stereocenters. The molecule has 2 aromatic rings. The molecule has 0 radical (unpaired) electrons. The van der Waals surface area contributed by atoms with Crippen LogP contribution in [-0.4, -0.2) is 23.2 Å². The minimum Gasteiger partial charge on any atom is -0.303 e. The maximum absolute atomic E-state index is 12.1. The van der Waals surface area contributed by atoms with Gasteiger partial charge in [0.05, 0.1) is 27.5 Å². The molecule has 1 aromatic heterocycles. The molecular formula is C14H11ClN2O2S. The third-order valence-electron chi connectivity index (χ3n) is 3.35. The number of thiazole rings is 1. The topological polar surface area (TPSA) is 50.3 Å². The van der Waals surface area contributed by atoms with Crippen molar-refractivity contribution in [3.63, 3.8) is 0 Å². The summed E-state index contributed by atoms with van der Waals surface area (Å²) in [5.74, 6) is -0.987. The van der Waals surface area contributed by atoms with Crippen LogP contribution in [0.4, 0.5) is 5.69 Å². The molecule has 0 unspecified atom stereocenters. The van der Waals surface area contributed by atoms with Gasteiger partial charge in [-0.2, -0.15) is 0 Å². The second-order valence-corrected chi connectivity index (χ2v) is 5.88. The fraction of sp³-hybridized carbons (Fsp3) is 0.214. The Balaban J connectivity index is 1.90. The zero-order valence-corrected chi connectivity index (χ0v) is 12.3. The summed E-state index contributed by atoms with van der Waals surface area (Å²) in [5, 5.41) is 0.433. The van der Waals surface area contributed by atoms with Gasteiger partial charge in [0.2, 0.25) is 0 Å². The fourth-order valence-electron chi connectivity index (χ4n) is 2.31. The number of fused-ring (bicyclic) bond motifs is 1. The molecule has 1 aromatic carbocycles. The largest absolute Gasteiger partial charge is 0.303 e. The maximum atomic E-state index is 12.1. The highest BCUT2D eigenvalue weighted by Crippen LogP contribution is 2.35. The number of carbonyl (C=O) groups is 2. The lowest BCUT2D eigenvalue weighted by Crippen LogP contribution is -2.31. The van der Waals surface area contributed by atoms with Crippen molar-refractivity contribution >= 4 is 40.3 Å². The smallest absolute Gasteiger partial charge is 0.299 e. The summed E-state index contributed by atoms with van der Waals surface area (Å²) in [4.78, 5) is 30.8. The fourth-order valence-corrected chi connectivity index (χ4v) is 3.35. The van der Waals surface area contributed by atoms with Gasteiger partial charge < -0.3 is 4.90 Å². The molecule has 1 aliphatic rings. The van der Waals surface area contributed by atoms with E-state index in [1.54, 1.807) is 35.0 Å². The second-order valence-electron chi connectivity index (χ2n) is 4.53. The first-order valence-corrected chi connectivity index (χ1v) is 7.39. The van der Waals surface area contributed by atoms with Crippen LogP contribution >= 0.6 is 22.9 Å². The van der Waals surface area contributed by atoms with Gasteiger partial charge in [0.1, 0.15) is 0 Å². The van der Waals surface area contributed by atoms with Crippen molar-refractivity contribution in [1.82, 2.24) is 4.98 Å². The van der Waals surface area contributed by atoms with Crippen LogP contribution in [0.5, 0.6) is 0 Å². The minimum atomic E-state index is -0.504. The van der Waals surface area contributed by atoms with E-state index in [0.29, 0.717) is 29.2 Å². The van der Waals surface area contributed by atoms with E-state index in [-0.39, 0.29) is 0 Å². The molecule has 4 nitrogen and oxygen atoms in total. The summed E-state index contributed by atoms with van der Waals surface area (Å²) in [7, 11) is 0. The Morgan fingerprint density at radius 2 is 2.15 bits per heavy atom. The van der Waals surface area contributed by atoms with Crippen LogP contribution in [0, 0.1) is 6.92 Å². The first-order valence-electron chi connectivity index (χ1n) is 6.13. The van der Waals surface area contributed by atoms with E-state index >= 15 is 0 Å². The molecule has 102 valence electrons. The van der Waals surface area contributed by atoms with Gasteiger partial charge in [-0.3, -0.25) is 9.59 Å². The van der Waals surface area contributed by atoms with Gasteiger partial charge in [-0.15, -0.1) is 11.3 Å². The van der Waals surface area contributed by atoms with Crippen molar-refractivity contribution in [3.8, 4) is 0 Å². The summed E-state index contributed by atoms with van der Waals surface area (Å²) in [5.41, 5.74) is 3.67. The monoisotopic (exact) mass is 306 g/mol. The average Bonchev–Trinajstić information content (AvgIpc) is 2.94. The van der Waals surface area contributed by atoms with Gasteiger partial charge in [-0.05, 0) is 19.1 Å². The molecule has 0 N–H and O–H groups in total. The Morgan fingerprint density at radius 3 is 2.85 bits per heavy atom. The summed E-state index contributed by atoms with van der Waals surface area (Å²) >= 11 is 7.68. The zero-order valence-electron chi connectivity index (χ0n) is 10.7. The average molecular weight is 307 g/mol. The van der Waals surface area contributed by atoms with Crippen LogP contribution in [-0.2, 0) is 11.2 Å². The Morgan fingerprint density at radius 1 is 1.35 bits per heavy atom. The molecule has 20 heavy (non-hydrogen) atoms. The van der Waals surface area contributed by atoms with Gasteiger partial charge in [-0.1, -0.05) is 17.7 Å². The third kappa shape index (κ3) is 2.03. The zero-order chi connectivity index (χ0) is 14.3. The van der Waals surface area contributed by atoms with Crippen molar-refractivity contribution in [1.29, 1.82) is 0 Å². The summed E-state index contributed by atoms with van der Waals surface area (Å²) < 4.78 is 0. The Hall–Kier alpha value is -1.72. The van der Waals surface area contributed by atoms with E-state index in [1.807, 2.05) is 6.92 Å². The number of aryl methyl sites for hydroxylation is 1. The standard InChI is InChI=1S/C14H11ClN2O2S/c1-8-11(20-7-16-8)5-6-17-12-9(13(18)14(17)19)3-2-4-10(12)15/h2-4,7H,5-6H2,1H3. The number of rotatable bonds is 3. The summed E-state index contributed by atoms with van der Waals surface area (Å²) in [6.45, 7) is 2.37. The summed E-state index contributed by atoms with van der Waals surface area (Å²) in [6, 6.07) is 5.01. The number of Topliss-reactive ketones (excluding diaryl/α,β-unsaturated/α-hetero) is 1. The van der Waals surface area contributed by atoms with Gasteiger partial charge in [0, 0.05) is 17.8 Å².